The molecular formula is C12H7F2NO3S. The number of halogens is 2. The van der Waals surface area contributed by atoms with Gasteiger partial charge in [0.2, 0.25) is 0 Å². The molecule has 98 valence electrons. The van der Waals surface area contributed by atoms with Crippen LogP contribution in [0, 0.1) is 11.6 Å². The van der Waals surface area contributed by atoms with Crippen molar-refractivity contribution in [3.05, 3.63) is 51.7 Å². The number of hydrogen-bond donors (Lipinski definition) is 2. The molecule has 1 aromatic carbocycles. The minimum Gasteiger partial charge on any atom is -0.477 e. The van der Waals surface area contributed by atoms with Gasteiger partial charge in [0.05, 0.1) is 11.3 Å². The summed E-state index contributed by atoms with van der Waals surface area (Å²) >= 11 is 0.920. The minimum atomic E-state index is -1.27. The summed E-state index contributed by atoms with van der Waals surface area (Å²) in [7, 11) is 0. The maximum Gasteiger partial charge on any atom is 0.348 e. The second-order valence-corrected chi connectivity index (χ2v) is 4.44. The van der Waals surface area contributed by atoms with Gasteiger partial charge in [-0.05, 0) is 23.6 Å². The Morgan fingerprint density at radius 2 is 1.95 bits per heavy atom. The first-order valence-corrected chi connectivity index (χ1v) is 5.95. The van der Waals surface area contributed by atoms with Crippen LogP contribution in [0.25, 0.3) is 0 Å². The molecule has 0 aliphatic heterocycles. The highest BCUT2D eigenvalue weighted by Crippen LogP contribution is 2.23. The molecule has 0 unspecified atom stereocenters. The van der Waals surface area contributed by atoms with Gasteiger partial charge < -0.3 is 10.4 Å². The molecule has 0 saturated heterocycles. The van der Waals surface area contributed by atoms with Crippen molar-refractivity contribution in [2.24, 2.45) is 0 Å². The summed E-state index contributed by atoms with van der Waals surface area (Å²) in [6, 6.07) is 4.57. The number of aromatic carboxylic acids is 1. The molecule has 0 aliphatic rings. The second-order valence-electron chi connectivity index (χ2n) is 3.52. The molecule has 0 fully saturated rings. The first-order chi connectivity index (χ1) is 9.00. The van der Waals surface area contributed by atoms with Crippen LogP contribution in [0.4, 0.5) is 14.5 Å². The molecule has 19 heavy (non-hydrogen) atoms. The quantitative estimate of drug-likeness (QED) is 0.910. The number of carbonyl (C=O) groups is 2. The Hall–Kier alpha value is -2.28. The van der Waals surface area contributed by atoms with E-state index in [1.54, 1.807) is 0 Å². The van der Waals surface area contributed by atoms with Crippen LogP contribution in [-0.4, -0.2) is 17.0 Å². The Bertz CT molecular complexity index is 654. The Labute approximate surface area is 110 Å². The average Bonchev–Trinajstić information content (AvgIpc) is 2.80. The maximum absolute atomic E-state index is 13.4. The number of hydrogen-bond acceptors (Lipinski definition) is 3. The molecule has 7 heteroatoms. The van der Waals surface area contributed by atoms with Gasteiger partial charge in [0.25, 0.3) is 5.91 Å². The van der Waals surface area contributed by atoms with Crippen LogP contribution in [0.5, 0.6) is 0 Å². The molecule has 0 radical (unpaired) electrons. The lowest BCUT2D eigenvalue weighted by Crippen LogP contribution is -2.15. The van der Waals surface area contributed by atoms with Crippen LogP contribution in [0.2, 0.25) is 0 Å². The Balaban J connectivity index is 2.29. The lowest BCUT2D eigenvalue weighted by Gasteiger charge is -2.05. The number of rotatable bonds is 3. The van der Waals surface area contributed by atoms with Gasteiger partial charge in [0.1, 0.15) is 4.88 Å². The van der Waals surface area contributed by atoms with E-state index >= 15 is 0 Å². The van der Waals surface area contributed by atoms with Crippen LogP contribution < -0.4 is 5.32 Å². The maximum atomic E-state index is 13.4. The summed E-state index contributed by atoms with van der Waals surface area (Å²) in [5.41, 5.74) is -0.436. The lowest BCUT2D eigenvalue weighted by molar-refractivity contribution is 0.0703. The summed E-state index contributed by atoms with van der Waals surface area (Å²) in [4.78, 5) is 22.5. The second kappa shape index (κ2) is 5.15. The van der Waals surface area contributed by atoms with E-state index in [9.17, 15) is 18.4 Å². The summed E-state index contributed by atoms with van der Waals surface area (Å²) in [5, 5.41) is 12.6. The number of benzene rings is 1. The van der Waals surface area contributed by atoms with Crippen molar-refractivity contribution in [2.75, 3.05) is 5.32 Å². The largest absolute Gasteiger partial charge is 0.477 e. The molecule has 0 saturated carbocycles. The van der Waals surface area contributed by atoms with E-state index in [1.807, 2.05) is 0 Å². The highest BCUT2D eigenvalue weighted by Gasteiger charge is 2.18. The molecule has 0 atom stereocenters. The Morgan fingerprint density at radius 1 is 1.21 bits per heavy atom. The summed E-state index contributed by atoms with van der Waals surface area (Å²) in [5.74, 6) is -4.52. The zero-order valence-corrected chi connectivity index (χ0v) is 10.1. The van der Waals surface area contributed by atoms with E-state index in [-0.39, 0.29) is 10.6 Å². The first-order valence-electron chi connectivity index (χ1n) is 5.07. The van der Waals surface area contributed by atoms with Gasteiger partial charge in [-0.2, -0.15) is 0 Å². The van der Waals surface area contributed by atoms with Crippen LogP contribution in [0.1, 0.15) is 20.0 Å². The standard InChI is InChI=1S/C12H7F2NO3S/c13-7-3-1-2-6(9(7)14)11(16)15-8-4-5-19-10(8)12(17)18/h1-5H,(H,15,16)(H,17,18). The van der Waals surface area contributed by atoms with Gasteiger partial charge in [-0.25, -0.2) is 13.6 Å². The normalized spacial score (nSPS) is 10.2. The van der Waals surface area contributed by atoms with Crippen molar-refractivity contribution >= 4 is 28.9 Å². The molecular weight excluding hydrogens is 276 g/mol. The summed E-state index contributed by atoms with van der Waals surface area (Å²) in [6.45, 7) is 0. The topological polar surface area (TPSA) is 66.4 Å². The molecule has 2 rings (SSSR count). The van der Waals surface area contributed by atoms with E-state index < -0.39 is 29.1 Å². The SMILES string of the molecule is O=C(Nc1ccsc1C(=O)O)c1cccc(F)c1F. The van der Waals surface area contributed by atoms with Crippen LogP contribution >= 0.6 is 11.3 Å². The molecule has 2 aromatic rings. The number of nitrogens with one attached hydrogen (secondary N) is 1. The fraction of sp³-hybridized carbons (Fsp3) is 0. The fourth-order valence-corrected chi connectivity index (χ4v) is 2.13. The van der Waals surface area contributed by atoms with E-state index in [1.165, 1.54) is 17.5 Å². The van der Waals surface area contributed by atoms with Gasteiger partial charge in [-0.1, -0.05) is 6.07 Å². The van der Waals surface area contributed by atoms with Gasteiger partial charge in [0.15, 0.2) is 11.6 Å². The van der Waals surface area contributed by atoms with E-state index in [0.717, 1.165) is 23.5 Å². The number of carboxylic acids is 1. The smallest absolute Gasteiger partial charge is 0.348 e. The summed E-state index contributed by atoms with van der Waals surface area (Å²) < 4.78 is 26.4. The van der Waals surface area contributed by atoms with E-state index in [2.05, 4.69) is 5.32 Å². The van der Waals surface area contributed by atoms with Crippen LogP contribution in [-0.2, 0) is 0 Å². The van der Waals surface area contributed by atoms with Crippen molar-refractivity contribution in [1.82, 2.24) is 0 Å². The molecule has 4 nitrogen and oxygen atoms in total. The van der Waals surface area contributed by atoms with Crippen molar-refractivity contribution in [3.63, 3.8) is 0 Å². The van der Waals surface area contributed by atoms with Gasteiger partial charge in [-0.15, -0.1) is 11.3 Å². The third-order valence-corrected chi connectivity index (χ3v) is 3.21. The van der Waals surface area contributed by atoms with Gasteiger partial charge in [-0.3, -0.25) is 4.79 Å². The number of amides is 1. The highest BCUT2D eigenvalue weighted by atomic mass is 32.1. The highest BCUT2D eigenvalue weighted by molar-refractivity contribution is 7.12. The van der Waals surface area contributed by atoms with Crippen molar-refractivity contribution in [2.45, 2.75) is 0 Å². The number of thiophene rings is 1. The molecule has 1 amide bonds. The number of carbonyl (C=O) groups excluding carboxylic acids is 1. The third-order valence-electron chi connectivity index (χ3n) is 2.30. The predicted molar refractivity (Wildman–Crippen MR) is 65.6 cm³/mol. The van der Waals surface area contributed by atoms with E-state index in [0.29, 0.717) is 0 Å². The zero-order chi connectivity index (χ0) is 14.0. The predicted octanol–water partition coefficient (Wildman–Crippen LogP) is 2.98. The van der Waals surface area contributed by atoms with E-state index in [4.69, 9.17) is 5.11 Å². The molecule has 1 heterocycles. The monoisotopic (exact) mass is 283 g/mol. The fourth-order valence-electron chi connectivity index (χ4n) is 1.44. The van der Waals surface area contributed by atoms with Crippen molar-refractivity contribution in [1.29, 1.82) is 0 Å². The Morgan fingerprint density at radius 3 is 2.63 bits per heavy atom. The first kappa shape index (κ1) is 13.2. The number of anilines is 1. The summed E-state index contributed by atoms with van der Waals surface area (Å²) in [6.07, 6.45) is 0. The average molecular weight is 283 g/mol. The zero-order valence-electron chi connectivity index (χ0n) is 9.31. The molecule has 0 aliphatic carbocycles. The molecule has 0 spiro atoms. The third kappa shape index (κ3) is 2.60. The van der Waals surface area contributed by atoms with Gasteiger partial charge in [0, 0.05) is 0 Å². The van der Waals surface area contributed by atoms with Crippen molar-refractivity contribution < 1.29 is 23.5 Å². The van der Waals surface area contributed by atoms with Crippen molar-refractivity contribution in [3.8, 4) is 0 Å². The molecule has 1 aromatic heterocycles. The molecule has 2 N–H and O–H groups in total. The van der Waals surface area contributed by atoms with Crippen LogP contribution in [0.15, 0.2) is 29.6 Å². The van der Waals surface area contributed by atoms with Crippen LogP contribution in [0.3, 0.4) is 0 Å². The lowest BCUT2D eigenvalue weighted by atomic mass is 10.2. The minimum absolute atomic E-state index is 0.0474. The Kier molecular flexibility index (Phi) is 3.57. The van der Waals surface area contributed by atoms with Gasteiger partial charge >= 0.3 is 5.97 Å². The molecule has 0 bridgehead atoms. The number of carboxylic acid groups (broad SMARTS) is 1.